The Morgan fingerprint density at radius 3 is 2.58 bits per heavy atom. The van der Waals surface area contributed by atoms with Crippen LogP contribution in [0.15, 0.2) is 42.5 Å². The molecule has 0 unspecified atom stereocenters. The molecule has 0 aliphatic rings. The summed E-state index contributed by atoms with van der Waals surface area (Å²) >= 11 is 0. The van der Waals surface area contributed by atoms with Gasteiger partial charge in [-0.1, -0.05) is 36.4 Å². The van der Waals surface area contributed by atoms with Crippen molar-refractivity contribution in [3.8, 4) is 5.75 Å². The lowest BCUT2D eigenvalue weighted by atomic mass is 10.1. The molecule has 0 spiro atoms. The molecule has 0 fully saturated rings. The van der Waals surface area contributed by atoms with Crippen LogP contribution in [-0.4, -0.2) is 33.5 Å². The van der Waals surface area contributed by atoms with E-state index in [0.29, 0.717) is 26.4 Å². The molecule has 2 rings (SSSR count). The van der Waals surface area contributed by atoms with Crippen molar-refractivity contribution in [1.82, 2.24) is 0 Å². The molecule has 0 heterocycles. The Kier molecular flexibility index (Phi) is 5.66. The molecule has 0 aliphatic heterocycles. The van der Waals surface area contributed by atoms with Crippen molar-refractivity contribution in [3.05, 3.63) is 42.5 Å². The van der Waals surface area contributed by atoms with Crippen molar-refractivity contribution >= 4 is 10.8 Å². The number of benzene rings is 2. The summed E-state index contributed by atoms with van der Waals surface area (Å²) in [4.78, 5) is 0. The van der Waals surface area contributed by atoms with Crippen LogP contribution in [0.5, 0.6) is 5.75 Å². The zero-order valence-corrected chi connectivity index (χ0v) is 11.3. The highest BCUT2D eigenvalue weighted by Gasteiger charge is 2.00. The van der Waals surface area contributed by atoms with Crippen molar-refractivity contribution in [3.63, 3.8) is 0 Å². The molecule has 0 saturated carbocycles. The predicted molar refractivity (Wildman–Crippen MR) is 76.8 cm³/mol. The van der Waals surface area contributed by atoms with E-state index in [9.17, 15) is 0 Å². The van der Waals surface area contributed by atoms with Crippen LogP contribution in [0.3, 0.4) is 0 Å². The predicted octanol–water partition coefficient (Wildman–Crippen LogP) is 3.27. The zero-order valence-electron chi connectivity index (χ0n) is 11.3. The van der Waals surface area contributed by atoms with Gasteiger partial charge in [-0.2, -0.15) is 0 Å². The number of fused-ring (bicyclic) bond motifs is 1. The van der Waals surface area contributed by atoms with Gasteiger partial charge in [0.15, 0.2) is 0 Å². The smallest absolute Gasteiger partial charge is 0.127 e. The maximum absolute atomic E-state index is 5.81. The molecule has 0 bridgehead atoms. The normalized spacial score (nSPS) is 10.8. The van der Waals surface area contributed by atoms with Gasteiger partial charge in [0.1, 0.15) is 5.75 Å². The van der Waals surface area contributed by atoms with Crippen LogP contribution in [-0.2, 0) is 9.47 Å². The van der Waals surface area contributed by atoms with E-state index in [2.05, 4.69) is 18.2 Å². The summed E-state index contributed by atoms with van der Waals surface area (Å²) in [7, 11) is 1.67. The summed E-state index contributed by atoms with van der Waals surface area (Å²) in [6.45, 7) is 2.66. The summed E-state index contributed by atoms with van der Waals surface area (Å²) in [5.74, 6) is 0.940. The molecule has 0 amide bonds. The molecule has 0 saturated heterocycles. The minimum atomic E-state index is 0.643. The van der Waals surface area contributed by atoms with E-state index in [4.69, 9.17) is 14.2 Å². The van der Waals surface area contributed by atoms with E-state index in [1.165, 1.54) is 5.39 Å². The Morgan fingerprint density at radius 2 is 1.68 bits per heavy atom. The van der Waals surface area contributed by atoms with Crippen molar-refractivity contribution in [1.29, 1.82) is 0 Å². The van der Waals surface area contributed by atoms with Crippen molar-refractivity contribution in [2.24, 2.45) is 0 Å². The van der Waals surface area contributed by atoms with Gasteiger partial charge in [-0.15, -0.1) is 0 Å². The fourth-order valence-electron chi connectivity index (χ4n) is 1.91. The molecule has 0 radical (unpaired) electrons. The molecule has 19 heavy (non-hydrogen) atoms. The van der Waals surface area contributed by atoms with Gasteiger partial charge in [0.25, 0.3) is 0 Å². The lowest BCUT2D eigenvalue weighted by Gasteiger charge is -2.09. The summed E-state index contributed by atoms with van der Waals surface area (Å²) in [6.07, 6.45) is 0.882. The van der Waals surface area contributed by atoms with E-state index in [-0.39, 0.29) is 0 Å². The topological polar surface area (TPSA) is 27.7 Å². The van der Waals surface area contributed by atoms with Crippen molar-refractivity contribution < 1.29 is 14.2 Å². The van der Waals surface area contributed by atoms with E-state index in [1.807, 2.05) is 24.3 Å². The third-order valence-electron chi connectivity index (χ3n) is 2.87. The highest BCUT2D eigenvalue weighted by molar-refractivity contribution is 5.88. The first-order valence-corrected chi connectivity index (χ1v) is 6.59. The second-order valence-electron chi connectivity index (χ2n) is 4.28. The number of rotatable bonds is 8. The van der Waals surface area contributed by atoms with E-state index < -0.39 is 0 Å². The van der Waals surface area contributed by atoms with Crippen molar-refractivity contribution in [2.75, 3.05) is 33.5 Å². The quantitative estimate of drug-likeness (QED) is 0.682. The fourth-order valence-corrected chi connectivity index (χ4v) is 1.91. The maximum Gasteiger partial charge on any atom is 0.127 e. The lowest BCUT2D eigenvalue weighted by Crippen LogP contribution is -2.06. The first-order chi connectivity index (χ1) is 9.42. The van der Waals surface area contributed by atoms with E-state index >= 15 is 0 Å². The van der Waals surface area contributed by atoms with Gasteiger partial charge in [0.2, 0.25) is 0 Å². The molecule has 3 nitrogen and oxygen atoms in total. The molecule has 0 N–H and O–H groups in total. The van der Waals surface area contributed by atoms with Gasteiger partial charge in [-0.05, 0) is 11.5 Å². The lowest BCUT2D eigenvalue weighted by molar-refractivity contribution is 0.0645. The summed E-state index contributed by atoms with van der Waals surface area (Å²) in [6, 6.07) is 14.4. The van der Waals surface area contributed by atoms with E-state index in [0.717, 1.165) is 17.6 Å². The third-order valence-corrected chi connectivity index (χ3v) is 2.87. The highest BCUT2D eigenvalue weighted by Crippen LogP contribution is 2.25. The van der Waals surface area contributed by atoms with Crippen LogP contribution in [0.2, 0.25) is 0 Å². The molecule has 3 heteroatoms. The largest absolute Gasteiger partial charge is 0.493 e. The Bertz CT molecular complexity index is 491. The summed E-state index contributed by atoms with van der Waals surface area (Å²) in [5, 5.41) is 2.36. The fraction of sp³-hybridized carbons (Fsp3) is 0.375. The van der Waals surface area contributed by atoms with E-state index in [1.54, 1.807) is 7.11 Å². The van der Waals surface area contributed by atoms with Gasteiger partial charge in [0.05, 0.1) is 19.8 Å². The highest BCUT2D eigenvalue weighted by atomic mass is 16.5. The zero-order chi connectivity index (χ0) is 13.3. The first kappa shape index (κ1) is 13.8. The SMILES string of the molecule is COCCOCCCOc1cccc2ccccc12. The number of hydrogen-bond acceptors (Lipinski definition) is 3. The minimum absolute atomic E-state index is 0.643. The van der Waals surface area contributed by atoms with Crippen LogP contribution < -0.4 is 4.74 Å². The van der Waals surface area contributed by atoms with Crippen molar-refractivity contribution in [2.45, 2.75) is 6.42 Å². The van der Waals surface area contributed by atoms with Crippen LogP contribution in [0.25, 0.3) is 10.8 Å². The molecular weight excluding hydrogens is 240 g/mol. The average molecular weight is 260 g/mol. The number of hydrogen-bond donors (Lipinski definition) is 0. The van der Waals surface area contributed by atoms with Crippen LogP contribution in [0, 0.1) is 0 Å². The second-order valence-corrected chi connectivity index (χ2v) is 4.28. The molecular formula is C16H20O3. The van der Waals surface area contributed by atoms with Crippen LogP contribution in [0.1, 0.15) is 6.42 Å². The molecule has 2 aromatic rings. The average Bonchev–Trinajstić information content (AvgIpc) is 2.46. The number of ether oxygens (including phenoxy) is 3. The van der Waals surface area contributed by atoms with Gasteiger partial charge in [0, 0.05) is 25.5 Å². The van der Waals surface area contributed by atoms with Crippen LogP contribution >= 0.6 is 0 Å². The standard InChI is InChI=1S/C16H20O3/c1-17-12-13-18-10-5-11-19-16-9-4-7-14-6-2-3-8-15(14)16/h2-4,6-9H,5,10-13H2,1H3. The third kappa shape index (κ3) is 4.23. The molecule has 2 aromatic carbocycles. The first-order valence-electron chi connectivity index (χ1n) is 6.59. The minimum Gasteiger partial charge on any atom is -0.493 e. The van der Waals surface area contributed by atoms with Gasteiger partial charge >= 0.3 is 0 Å². The second kappa shape index (κ2) is 7.77. The summed E-state index contributed by atoms with van der Waals surface area (Å²) < 4.78 is 16.1. The molecule has 0 aromatic heterocycles. The Balaban J connectivity index is 1.78. The number of methoxy groups -OCH3 is 1. The van der Waals surface area contributed by atoms with Gasteiger partial charge in [-0.3, -0.25) is 0 Å². The van der Waals surface area contributed by atoms with Gasteiger partial charge in [-0.25, -0.2) is 0 Å². The monoisotopic (exact) mass is 260 g/mol. The summed E-state index contributed by atoms with van der Waals surface area (Å²) in [5.41, 5.74) is 0. The Labute approximate surface area is 114 Å². The maximum atomic E-state index is 5.81. The molecule has 0 atom stereocenters. The Hall–Kier alpha value is -1.58. The molecule has 0 aliphatic carbocycles. The molecule has 102 valence electrons. The van der Waals surface area contributed by atoms with Gasteiger partial charge < -0.3 is 14.2 Å². The Morgan fingerprint density at radius 1 is 0.842 bits per heavy atom. The van der Waals surface area contributed by atoms with Crippen LogP contribution in [0.4, 0.5) is 0 Å².